The molecule has 0 aliphatic carbocycles. The van der Waals surface area contributed by atoms with Crippen molar-refractivity contribution in [1.29, 1.82) is 0 Å². The SMILES string of the molecule is CC(NC(=O)c1c(F)c(F)c(F)c(F)c1F)C1CCNC1. The Morgan fingerprint density at radius 3 is 2.10 bits per heavy atom. The van der Waals surface area contributed by atoms with Crippen molar-refractivity contribution >= 4 is 5.91 Å². The minimum absolute atomic E-state index is 0.0372. The van der Waals surface area contributed by atoms with Crippen LogP contribution in [0.1, 0.15) is 23.7 Å². The molecule has 8 heteroatoms. The minimum Gasteiger partial charge on any atom is -0.349 e. The van der Waals surface area contributed by atoms with Crippen LogP contribution in [-0.4, -0.2) is 25.0 Å². The number of benzene rings is 1. The first kappa shape index (κ1) is 15.7. The Balaban J connectivity index is 2.27. The molecular formula is C13H13F5N2O. The molecule has 1 saturated heterocycles. The summed E-state index contributed by atoms with van der Waals surface area (Å²) in [6.07, 6.45) is 0.749. The number of hydrogen-bond donors (Lipinski definition) is 2. The van der Waals surface area contributed by atoms with Gasteiger partial charge in [0.25, 0.3) is 5.91 Å². The van der Waals surface area contributed by atoms with Crippen LogP contribution in [0.25, 0.3) is 0 Å². The molecule has 1 aliphatic rings. The molecule has 116 valence electrons. The Morgan fingerprint density at radius 1 is 1.10 bits per heavy atom. The van der Waals surface area contributed by atoms with Crippen molar-refractivity contribution in [3.05, 3.63) is 34.6 Å². The summed E-state index contributed by atoms with van der Waals surface area (Å²) >= 11 is 0. The van der Waals surface area contributed by atoms with Crippen LogP contribution in [-0.2, 0) is 0 Å². The van der Waals surface area contributed by atoms with E-state index < -0.39 is 46.6 Å². The van der Waals surface area contributed by atoms with E-state index in [1.165, 1.54) is 0 Å². The van der Waals surface area contributed by atoms with E-state index in [-0.39, 0.29) is 5.92 Å². The zero-order valence-electron chi connectivity index (χ0n) is 11.1. The third kappa shape index (κ3) is 2.85. The van der Waals surface area contributed by atoms with Crippen LogP contribution in [0.4, 0.5) is 22.0 Å². The number of hydrogen-bond acceptors (Lipinski definition) is 2. The summed E-state index contributed by atoms with van der Waals surface area (Å²) in [6.45, 7) is 2.97. The lowest BCUT2D eigenvalue weighted by molar-refractivity contribution is 0.0917. The average Bonchev–Trinajstić information content (AvgIpc) is 2.97. The number of rotatable bonds is 3. The molecule has 1 amide bonds. The highest BCUT2D eigenvalue weighted by atomic mass is 19.2. The predicted octanol–water partition coefficient (Wildman–Crippen LogP) is 2.11. The van der Waals surface area contributed by atoms with Gasteiger partial charge >= 0.3 is 0 Å². The van der Waals surface area contributed by atoms with Crippen LogP contribution >= 0.6 is 0 Å². The Labute approximate surface area is 117 Å². The smallest absolute Gasteiger partial charge is 0.257 e. The van der Waals surface area contributed by atoms with Crippen LogP contribution < -0.4 is 10.6 Å². The van der Waals surface area contributed by atoms with Gasteiger partial charge in [-0.15, -0.1) is 0 Å². The van der Waals surface area contributed by atoms with Crippen LogP contribution in [0.2, 0.25) is 0 Å². The van der Waals surface area contributed by atoms with Crippen molar-refractivity contribution in [1.82, 2.24) is 10.6 Å². The van der Waals surface area contributed by atoms with Crippen LogP contribution in [0.15, 0.2) is 0 Å². The zero-order valence-corrected chi connectivity index (χ0v) is 11.1. The maximum Gasteiger partial charge on any atom is 0.257 e. The van der Waals surface area contributed by atoms with E-state index >= 15 is 0 Å². The second kappa shape index (κ2) is 5.97. The van der Waals surface area contributed by atoms with E-state index in [9.17, 15) is 26.7 Å². The summed E-state index contributed by atoms with van der Waals surface area (Å²) in [6, 6.07) is -0.456. The van der Waals surface area contributed by atoms with E-state index in [2.05, 4.69) is 10.6 Å². The monoisotopic (exact) mass is 308 g/mol. The standard InChI is InChI=1S/C13H13F5N2O/c1-5(6-2-3-19-4-6)20-13(21)7-8(14)10(16)12(18)11(17)9(7)15/h5-6,19H,2-4H2,1H3,(H,20,21). The van der Waals surface area contributed by atoms with Crippen molar-refractivity contribution in [2.45, 2.75) is 19.4 Å². The van der Waals surface area contributed by atoms with Crippen LogP contribution in [0.5, 0.6) is 0 Å². The first-order chi connectivity index (χ1) is 9.84. The highest BCUT2D eigenvalue weighted by Gasteiger charge is 2.31. The maximum absolute atomic E-state index is 13.5. The van der Waals surface area contributed by atoms with E-state index in [1.807, 2.05) is 0 Å². The van der Waals surface area contributed by atoms with Crippen molar-refractivity contribution in [3.63, 3.8) is 0 Å². The summed E-state index contributed by atoms with van der Waals surface area (Å²) in [4.78, 5) is 11.8. The van der Waals surface area contributed by atoms with E-state index in [0.717, 1.165) is 13.0 Å². The summed E-state index contributed by atoms with van der Waals surface area (Å²) in [7, 11) is 0. The number of amides is 1. The predicted molar refractivity (Wildman–Crippen MR) is 64.1 cm³/mol. The molecule has 3 nitrogen and oxygen atoms in total. The first-order valence-corrected chi connectivity index (χ1v) is 6.37. The highest BCUT2D eigenvalue weighted by molar-refractivity contribution is 5.95. The lowest BCUT2D eigenvalue weighted by Gasteiger charge is -2.20. The summed E-state index contributed by atoms with van der Waals surface area (Å²) in [5, 5.41) is 5.32. The summed E-state index contributed by atoms with van der Waals surface area (Å²) < 4.78 is 66.0. The van der Waals surface area contributed by atoms with Gasteiger partial charge in [-0.1, -0.05) is 0 Å². The lowest BCUT2D eigenvalue weighted by Crippen LogP contribution is -2.40. The molecule has 0 spiro atoms. The Bertz CT molecular complexity index is 543. The first-order valence-electron chi connectivity index (χ1n) is 6.37. The van der Waals surface area contributed by atoms with Gasteiger partial charge in [-0.25, -0.2) is 22.0 Å². The molecule has 1 aliphatic heterocycles. The molecule has 1 heterocycles. The summed E-state index contributed by atoms with van der Waals surface area (Å²) in [5.74, 6) is -12.1. The quantitative estimate of drug-likeness (QED) is 0.510. The molecule has 21 heavy (non-hydrogen) atoms. The number of halogens is 5. The van der Waals surface area contributed by atoms with Gasteiger partial charge in [0.2, 0.25) is 5.82 Å². The molecule has 2 unspecified atom stereocenters. The van der Waals surface area contributed by atoms with Crippen molar-refractivity contribution < 1.29 is 26.7 Å². The van der Waals surface area contributed by atoms with Crippen LogP contribution in [0.3, 0.4) is 0 Å². The highest BCUT2D eigenvalue weighted by Crippen LogP contribution is 2.23. The molecule has 2 rings (SSSR count). The van der Waals surface area contributed by atoms with Crippen molar-refractivity contribution in [2.75, 3.05) is 13.1 Å². The van der Waals surface area contributed by atoms with E-state index in [4.69, 9.17) is 0 Å². The molecule has 0 aromatic heterocycles. The van der Waals surface area contributed by atoms with Crippen LogP contribution in [0, 0.1) is 35.0 Å². The zero-order chi connectivity index (χ0) is 15.7. The minimum atomic E-state index is -2.28. The third-order valence-corrected chi connectivity index (χ3v) is 3.60. The second-order valence-corrected chi connectivity index (χ2v) is 4.96. The Hall–Kier alpha value is -1.70. The molecule has 1 aromatic carbocycles. The van der Waals surface area contributed by atoms with Gasteiger partial charge in [-0.05, 0) is 32.4 Å². The molecule has 1 fully saturated rings. The van der Waals surface area contributed by atoms with E-state index in [1.54, 1.807) is 6.92 Å². The fourth-order valence-electron chi connectivity index (χ4n) is 2.30. The Kier molecular flexibility index (Phi) is 4.46. The normalized spacial score (nSPS) is 19.6. The lowest BCUT2D eigenvalue weighted by atomic mass is 10.00. The average molecular weight is 308 g/mol. The molecule has 2 atom stereocenters. The number of carbonyl (C=O) groups excluding carboxylic acids is 1. The maximum atomic E-state index is 13.5. The van der Waals surface area contributed by atoms with Gasteiger partial charge in [0.15, 0.2) is 23.3 Å². The van der Waals surface area contributed by atoms with Gasteiger partial charge in [-0.2, -0.15) is 0 Å². The summed E-state index contributed by atoms with van der Waals surface area (Å²) in [5.41, 5.74) is -1.45. The van der Waals surface area contributed by atoms with Gasteiger partial charge in [0.1, 0.15) is 5.56 Å². The topological polar surface area (TPSA) is 41.1 Å². The largest absolute Gasteiger partial charge is 0.349 e. The molecular weight excluding hydrogens is 295 g/mol. The molecule has 0 radical (unpaired) electrons. The van der Waals surface area contributed by atoms with Gasteiger partial charge in [0, 0.05) is 6.04 Å². The van der Waals surface area contributed by atoms with E-state index in [0.29, 0.717) is 6.54 Å². The van der Waals surface area contributed by atoms with Gasteiger partial charge in [0.05, 0.1) is 0 Å². The van der Waals surface area contributed by atoms with Gasteiger partial charge in [-0.3, -0.25) is 4.79 Å². The Morgan fingerprint density at radius 2 is 1.62 bits per heavy atom. The molecule has 2 N–H and O–H groups in total. The number of nitrogens with one attached hydrogen (secondary N) is 2. The fraction of sp³-hybridized carbons (Fsp3) is 0.462. The van der Waals surface area contributed by atoms with Crippen molar-refractivity contribution in [2.24, 2.45) is 5.92 Å². The molecule has 1 aromatic rings. The molecule has 0 bridgehead atoms. The van der Waals surface area contributed by atoms with Gasteiger partial charge < -0.3 is 10.6 Å². The second-order valence-electron chi connectivity index (χ2n) is 4.96. The third-order valence-electron chi connectivity index (χ3n) is 3.60. The number of carbonyl (C=O) groups is 1. The van der Waals surface area contributed by atoms with Crippen molar-refractivity contribution in [3.8, 4) is 0 Å². The molecule has 0 saturated carbocycles. The fourth-order valence-corrected chi connectivity index (χ4v) is 2.30.